The highest BCUT2D eigenvalue weighted by atomic mass is 32.1. The van der Waals surface area contributed by atoms with Crippen LogP contribution in [0.4, 0.5) is 0 Å². The molecule has 0 saturated carbocycles. The molecule has 1 aliphatic rings. The Labute approximate surface area is 200 Å². The van der Waals surface area contributed by atoms with Gasteiger partial charge in [0.25, 0.3) is 0 Å². The van der Waals surface area contributed by atoms with Crippen LogP contribution in [0.1, 0.15) is 64.5 Å². The average Bonchev–Trinajstić information content (AvgIpc) is 3.24. The standard InChI is InChI=1S/C26H30N4O2S/c1-15(2)14-29-24(23(28-26(29)33)21-8-6-7-11-27-21)20-12-17(4)30(18(20)5)22-13-19(25(31)32)10-9-16(22)3/h6-13,15,23-24H,14H2,1-5H3,(H,28,33)(H,31,32)/t23-,24+/m1/s1. The molecular formula is C26H30N4O2S. The van der Waals surface area contributed by atoms with Crippen molar-refractivity contribution in [3.63, 3.8) is 0 Å². The number of pyridine rings is 1. The van der Waals surface area contributed by atoms with Crippen molar-refractivity contribution in [3.05, 3.63) is 82.4 Å². The monoisotopic (exact) mass is 462 g/mol. The van der Waals surface area contributed by atoms with Gasteiger partial charge in [0.1, 0.15) is 0 Å². The fraction of sp³-hybridized carbons (Fsp3) is 0.346. The number of nitrogens with zero attached hydrogens (tertiary/aromatic N) is 3. The molecule has 33 heavy (non-hydrogen) atoms. The first kappa shape index (κ1) is 23.0. The van der Waals surface area contributed by atoms with Gasteiger partial charge in [0, 0.05) is 29.8 Å². The second-order valence-electron chi connectivity index (χ2n) is 9.14. The molecular weight excluding hydrogens is 432 g/mol. The minimum atomic E-state index is -0.928. The van der Waals surface area contributed by atoms with Crippen LogP contribution in [0.15, 0.2) is 48.7 Å². The van der Waals surface area contributed by atoms with Crippen molar-refractivity contribution in [2.45, 2.75) is 46.7 Å². The highest BCUT2D eigenvalue weighted by Crippen LogP contribution is 2.42. The number of carbonyl (C=O) groups is 1. The predicted molar refractivity (Wildman–Crippen MR) is 134 cm³/mol. The Balaban J connectivity index is 1.87. The van der Waals surface area contributed by atoms with Crippen LogP contribution in [-0.4, -0.2) is 37.2 Å². The first-order valence-electron chi connectivity index (χ1n) is 11.2. The normalized spacial score (nSPS) is 18.1. The lowest BCUT2D eigenvalue weighted by molar-refractivity contribution is 0.0697. The van der Waals surface area contributed by atoms with E-state index < -0.39 is 5.97 Å². The summed E-state index contributed by atoms with van der Waals surface area (Å²) < 4.78 is 2.15. The quantitative estimate of drug-likeness (QED) is 0.495. The van der Waals surface area contributed by atoms with E-state index >= 15 is 0 Å². The van der Waals surface area contributed by atoms with E-state index in [0.29, 0.717) is 5.92 Å². The summed E-state index contributed by atoms with van der Waals surface area (Å²) in [6, 6.07) is 13.3. The molecule has 1 aliphatic heterocycles. The van der Waals surface area contributed by atoms with E-state index in [1.807, 2.05) is 37.4 Å². The van der Waals surface area contributed by atoms with Crippen molar-refractivity contribution >= 4 is 23.3 Å². The van der Waals surface area contributed by atoms with Crippen molar-refractivity contribution in [1.82, 2.24) is 19.8 Å². The van der Waals surface area contributed by atoms with Gasteiger partial charge >= 0.3 is 5.97 Å². The molecule has 2 atom stereocenters. The summed E-state index contributed by atoms with van der Waals surface area (Å²) in [5.41, 5.74) is 6.42. The molecule has 1 fully saturated rings. The molecule has 0 radical (unpaired) electrons. The fourth-order valence-corrected chi connectivity index (χ4v) is 5.09. The van der Waals surface area contributed by atoms with Gasteiger partial charge in [0.15, 0.2) is 5.11 Å². The molecule has 3 heterocycles. The molecule has 0 unspecified atom stereocenters. The number of aromatic carboxylic acids is 1. The van der Waals surface area contributed by atoms with Gasteiger partial charge in [-0.2, -0.15) is 0 Å². The molecule has 1 aromatic carbocycles. The van der Waals surface area contributed by atoms with E-state index in [1.165, 1.54) is 0 Å². The second kappa shape index (κ2) is 8.98. The Morgan fingerprint density at radius 2 is 1.94 bits per heavy atom. The number of nitrogens with one attached hydrogen (secondary N) is 1. The molecule has 6 nitrogen and oxygen atoms in total. The van der Waals surface area contributed by atoms with Crippen LogP contribution in [0.5, 0.6) is 0 Å². The van der Waals surface area contributed by atoms with E-state index in [1.54, 1.807) is 12.1 Å². The van der Waals surface area contributed by atoms with E-state index in [0.717, 1.165) is 45.6 Å². The molecule has 7 heteroatoms. The third kappa shape index (κ3) is 4.25. The largest absolute Gasteiger partial charge is 0.478 e. The zero-order valence-corrected chi connectivity index (χ0v) is 20.5. The molecule has 0 bridgehead atoms. The van der Waals surface area contributed by atoms with Gasteiger partial charge in [0.2, 0.25) is 0 Å². The van der Waals surface area contributed by atoms with Crippen LogP contribution in [-0.2, 0) is 0 Å². The highest BCUT2D eigenvalue weighted by Gasteiger charge is 2.41. The topological polar surface area (TPSA) is 70.4 Å². The van der Waals surface area contributed by atoms with Crippen molar-refractivity contribution in [1.29, 1.82) is 0 Å². The maximum absolute atomic E-state index is 11.6. The van der Waals surface area contributed by atoms with Crippen LogP contribution in [0, 0.1) is 26.7 Å². The third-order valence-corrected chi connectivity index (χ3v) is 6.60. The van der Waals surface area contributed by atoms with E-state index in [-0.39, 0.29) is 17.6 Å². The van der Waals surface area contributed by atoms with Gasteiger partial charge in [-0.3, -0.25) is 4.98 Å². The smallest absolute Gasteiger partial charge is 0.335 e. The Bertz CT molecular complexity index is 1200. The zero-order chi connectivity index (χ0) is 23.9. The maximum atomic E-state index is 11.6. The minimum absolute atomic E-state index is 0.0160. The first-order chi connectivity index (χ1) is 15.7. The number of thiocarbonyl (C=S) groups is 1. The zero-order valence-electron chi connectivity index (χ0n) is 19.7. The van der Waals surface area contributed by atoms with E-state index in [4.69, 9.17) is 12.2 Å². The van der Waals surface area contributed by atoms with Gasteiger partial charge in [-0.25, -0.2) is 4.79 Å². The molecule has 2 aromatic heterocycles. The number of rotatable bonds is 6. The number of hydrogen-bond donors (Lipinski definition) is 2. The Morgan fingerprint density at radius 1 is 1.18 bits per heavy atom. The summed E-state index contributed by atoms with van der Waals surface area (Å²) in [7, 11) is 0. The SMILES string of the molecule is Cc1ccc(C(=O)O)cc1-n1c(C)cc([C@H]2[C@@H](c3ccccn3)NC(=S)N2CC(C)C)c1C. The first-order valence-corrected chi connectivity index (χ1v) is 11.6. The van der Waals surface area contributed by atoms with E-state index in [9.17, 15) is 9.90 Å². The number of benzene rings is 1. The Hall–Kier alpha value is -3.19. The molecule has 4 rings (SSSR count). The fourth-order valence-electron chi connectivity index (χ4n) is 4.78. The number of carboxylic acid groups (broad SMARTS) is 1. The Kier molecular flexibility index (Phi) is 6.26. The average molecular weight is 463 g/mol. The van der Waals surface area contributed by atoms with Gasteiger partial charge < -0.3 is 19.9 Å². The highest BCUT2D eigenvalue weighted by molar-refractivity contribution is 7.80. The number of carboxylic acids is 1. The van der Waals surface area contributed by atoms with Crippen LogP contribution in [0.3, 0.4) is 0 Å². The maximum Gasteiger partial charge on any atom is 0.335 e. The summed E-state index contributed by atoms with van der Waals surface area (Å²) in [6.07, 6.45) is 1.81. The lowest BCUT2D eigenvalue weighted by Gasteiger charge is -2.29. The van der Waals surface area contributed by atoms with Gasteiger partial charge in [-0.15, -0.1) is 0 Å². The summed E-state index contributed by atoms with van der Waals surface area (Å²) in [4.78, 5) is 18.5. The molecule has 0 aliphatic carbocycles. The lowest BCUT2D eigenvalue weighted by atomic mass is 9.96. The molecule has 3 aromatic rings. The molecule has 2 N–H and O–H groups in total. The van der Waals surface area contributed by atoms with Crippen molar-refractivity contribution in [2.24, 2.45) is 5.92 Å². The van der Waals surface area contributed by atoms with Crippen LogP contribution in [0.25, 0.3) is 5.69 Å². The molecule has 1 saturated heterocycles. The van der Waals surface area contributed by atoms with Gasteiger partial charge in [0.05, 0.1) is 23.3 Å². The van der Waals surface area contributed by atoms with Crippen LogP contribution in [0.2, 0.25) is 0 Å². The molecule has 0 amide bonds. The van der Waals surface area contributed by atoms with E-state index in [2.05, 4.69) is 53.5 Å². The van der Waals surface area contributed by atoms with Gasteiger partial charge in [-0.1, -0.05) is 26.0 Å². The summed E-state index contributed by atoms with van der Waals surface area (Å²) in [5.74, 6) is -0.490. The lowest BCUT2D eigenvalue weighted by Crippen LogP contribution is -2.33. The van der Waals surface area contributed by atoms with Gasteiger partial charge in [-0.05, 0) is 80.4 Å². The van der Waals surface area contributed by atoms with Crippen molar-refractivity contribution < 1.29 is 9.90 Å². The third-order valence-electron chi connectivity index (χ3n) is 6.25. The summed E-state index contributed by atoms with van der Waals surface area (Å²) in [5, 5.41) is 13.8. The molecule has 0 spiro atoms. The van der Waals surface area contributed by atoms with Crippen LogP contribution >= 0.6 is 12.2 Å². The predicted octanol–water partition coefficient (Wildman–Crippen LogP) is 5.12. The minimum Gasteiger partial charge on any atom is -0.478 e. The number of hydrogen-bond acceptors (Lipinski definition) is 3. The van der Waals surface area contributed by atoms with Crippen molar-refractivity contribution in [3.8, 4) is 5.69 Å². The Morgan fingerprint density at radius 3 is 2.58 bits per heavy atom. The number of aryl methyl sites for hydroxylation is 2. The summed E-state index contributed by atoms with van der Waals surface area (Å²) in [6.45, 7) is 11.4. The second-order valence-corrected chi connectivity index (χ2v) is 9.53. The van der Waals surface area contributed by atoms with Crippen LogP contribution < -0.4 is 5.32 Å². The number of aromatic nitrogens is 2. The summed E-state index contributed by atoms with van der Waals surface area (Å²) >= 11 is 5.77. The molecule has 172 valence electrons. The van der Waals surface area contributed by atoms with Crippen molar-refractivity contribution in [2.75, 3.05) is 6.54 Å².